The summed E-state index contributed by atoms with van der Waals surface area (Å²) in [6, 6.07) is 5.40. The van der Waals surface area contributed by atoms with Crippen LogP contribution in [-0.2, 0) is 0 Å². The lowest BCUT2D eigenvalue weighted by molar-refractivity contribution is 0.175. The van der Waals surface area contributed by atoms with Gasteiger partial charge in [-0.2, -0.15) is 5.26 Å². The van der Waals surface area contributed by atoms with E-state index in [2.05, 4.69) is 11.4 Å². The second kappa shape index (κ2) is 6.67. The minimum atomic E-state index is -0.751. The van der Waals surface area contributed by atoms with E-state index < -0.39 is 17.2 Å². The van der Waals surface area contributed by atoms with Gasteiger partial charge in [0.1, 0.15) is 22.9 Å². The molecular weight excluding hydrogens is 262 g/mol. The van der Waals surface area contributed by atoms with Crippen LogP contribution < -0.4 is 10.1 Å². The average molecular weight is 282 g/mol. The van der Waals surface area contributed by atoms with Gasteiger partial charge in [-0.25, -0.2) is 8.78 Å². The maximum absolute atomic E-state index is 13.1. The van der Waals surface area contributed by atoms with E-state index in [0.717, 1.165) is 18.2 Å². The predicted octanol–water partition coefficient (Wildman–Crippen LogP) is 3.40. The molecule has 2 unspecified atom stereocenters. The molecule has 0 saturated carbocycles. The molecule has 0 aliphatic rings. The summed E-state index contributed by atoms with van der Waals surface area (Å²) >= 11 is 0. The van der Waals surface area contributed by atoms with E-state index in [1.807, 2.05) is 13.8 Å². The number of benzene rings is 1. The second-order valence-electron chi connectivity index (χ2n) is 5.48. The number of nitrogens with zero attached hydrogens (tertiary/aromatic N) is 1. The van der Waals surface area contributed by atoms with Gasteiger partial charge in [0.25, 0.3) is 0 Å². The Kier molecular flexibility index (Phi) is 5.46. The zero-order chi connectivity index (χ0) is 15.3. The van der Waals surface area contributed by atoms with Gasteiger partial charge in [-0.15, -0.1) is 0 Å². The molecule has 1 aromatic rings. The van der Waals surface area contributed by atoms with Gasteiger partial charge in [0, 0.05) is 30.7 Å². The molecule has 20 heavy (non-hydrogen) atoms. The quantitative estimate of drug-likeness (QED) is 0.869. The van der Waals surface area contributed by atoms with Gasteiger partial charge in [0.2, 0.25) is 0 Å². The minimum Gasteiger partial charge on any atom is -0.490 e. The molecule has 1 rings (SSSR count). The summed E-state index contributed by atoms with van der Waals surface area (Å²) in [4.78, 5) is 0. The van der Waals surface area contributed by atoms with E-state index >= 15 is 0 Å². The molecule has 0 heterocycles. The second-order valence-corrected chi connectivity index (χ2v) is 5.48. The third-order valence-corrected chi connectivity index (χ3v) is 2.72. The molecule has 0 aromatic heterocycles. The van der Waals surface area contributed by atoms with Crippen molar-refractivity contribution in [3.63, 3.8) is 0 Å². The van der Waals surface area contributed by atoms with E-state index in [9.17, 15) is 14.0 Å². The SMILES string of the molecule is CC(C)NC(C)(C#N)CC(C)Oc1cc(F)cc(F)c1. The predicted molar refractivity (Wildman–Crippen MR) is 73.4 cm³/mol. The van der Waals surface area contributed by atoms with Crippen molar-refractivity contribution < 1.29 is 13.5 Å². The van der Waals surface area contributed by atoms with Crippen molar-refractivity contribution in [2.24, 2.45) is 0 Å². The van der Waals surface area contributed by atoms with Crippen molar-refractivity contribution in [2.75, 3.05) is 0 Å². The topological polar surface area (TPSA) is 45.0 Å². The Bertz CT molecular complexity index is 479. The van der Waals surface area contributed by atoms with Crippen LogP contribution >= 0.6 is 0 Å². The summed E-state index contributed by atoms with van der Waals surface area (Å²) < 4.78 is 31.6. The lowest BCUT2D eigenvalue weighted by atomic mass is 9.95. The standard InChI is InChI=1S/C15H20F2N2O/c1-10(2)19-15(4,9-18)8-11(3)20-14-6-12(16)5-13(17)7-14/h5-7,10-11,19H,8H2,1-4H3. The highest BCUT2D eigenvalue weighted by Crippen LogP contribution is 2.20. The lowest BCUT2D eigenvalue weighted by Gasteiger charge is -2.29. The zero-order valence-electron chi connectivity index (χ0n) is 12.2. The number of halogens is 2. The molecule has 1 aromatic carbocycles. The molecule has 3 nitrogen and oxygen atoms in total. The number of hydrogen-bond donors (Lipinski definition) is 1. The Balaban J connectivity index is 2.71. The van der Waals surface area contributed by atoms with Gasteiger partial charge in [0.15, 0.2) is 0 Å². The average Bonchev–Trinajstić information content (AvgIpc) is 2.25. The number of nitriles is 1. The summed E-state index contributed by atoms with van der Waals surface area (Å²) in [5.74, 6) is -1.24. The van der Waals surface area contributed by atoms with Crippen LogP contribution in [0.25, 0.3) is 0 Å². The molecule has 110 valence electrons. The van der Waals surface area contributed by atoms with Gasteiger partial charge in [-0.05, 0) is 27.7 Å². The molecule has 0 amide bonds. The van der Waals surface area contributed by atoms with Gasteiger partial charge in [-0.3, -0.25) is 5.32 Å². The molecule has 1 N–H and O–H groups in total. The van der Waals surface area contributed by atoms with Gasteiger partial charge < -0.3 is 4.74 Å². The van der Waals surface area contributed by atoms with Gasteiger partial charge in [0.05, 0.1) is 12.2 Å². The smallest absolute Gasteiger partial charge is 0.129 e. The van der Waals surface area contributed by atoms with Crippen molar-refractivity contribution in [2.45, 2.75) is 51.8 Å². The number of rotatable bonds is 6. The van der Waals surface area contributed by atoms with E-state index in [1.165, 1.54) is 0 Å². The Hall–Kier alpha value is -1.67. The fourth-order valence-corrected chi connectivity index (χ4v) is 2.22. The van der Waals surface area contributed by atoms with Gasteiger partial charge in [-0.1, -0.05) is 0 Å². The van der Waals surface area contributed by atoms with Crippen molar-refractivity contribution in [3.05, 3.63) is 29.8 Å². The molecule has 0 saturated heterocycles. The Morgan fingerprint density at radius 1 is 1.25 bits per heavy atom. The maximum Gasteiger partial charge on any atom is 0.129 e. The molecule has 0 aliphatic heterocycles. The number of nitrogens with one attached hydrogen (secondary N) is 1. The van der Waals surface area contributed by atoms with Crippen LogP contribution in [0, 0.1) is 23.0 Å². The summed E-state index contributed by atoms with van der Waals surface area (Å²) in [7, 11) is 0. The van der Waals surface area contributed by atoms with Gasteiger partial charge >= 0.3 is 0 Å². The zero-order valence-corrected chi connectivity index (χ0v) is 12.2. The van der Waals surface area contributed by atoms with Crippen LogP contribution in [0.15, 0.2) is 18.2 Å². The minimum absolute atomic E-state index is 0.125. The molecular formula is C15H20F2N2O. The first-order valence-electron chi connectivity index (χ1n) is 6.56. The molecule has 2 atom stereocenters. The first kappa shape index (κ1) is 16.4. The number of ether oxygens (including phenoxy) is 1. The van der Waals surface area contributed by atoms with Crippen LogP contribution in [0.4, 0.5) is 8.78 Å². The van der Waals surface area contributed by atoms with Crippen molar-refractivity contribution >= 4 is 0 Å². The highest BCUT2D eigenvalue weighted by Gasteiger charge is 2.27. The molecule has 0 aliphatic carbocycles. The summed E-state index contributed by atoms with van der Waals surface area (Å²) in [5.41, 5.74) is -0.751. The van der Waals surface area contributed by atoms with E-state index in [1.54, 1.807) is 13.8 Å². The highest BCUT2D eigenvalue weighted by atomic mass is 19.1. The summed E-state index contributed by atoms with van der Waals surface area (Å²) in [6.07, 6.45) is 0.0481. The molecule has 0 radical (unpaired) electrons. The Morgan fingerprint density at radius 2 is 1.80 bits per heavy atom. The molecule has 0 spiro atoms. The van der Waals surface area contributed by atoms with Crippen molar-refractivity contribution in [1.29, 1.82) is 5.26 Å². The first-order chi connectivity index (χ1) is 9.24. The summed E-state index contributed by atoms with van der Waals surface area (Å²) in [6.45, 7) is 7.44. The maximum atomic E-state index is 13.1. The first-order valence-corrected chi connectivity index (χ1v) is 6.56. The van der Waals surface area contributed by atoms with E-state index in [0.29, 0.717) is 6.42 Å². The largest absolute Gasteiger partial charge is 0.490 e. The van der Waals surface area contributed by atoms with Crippen molar-refractivity contribution in [3.8, 4) is 11.8 Å². The monoisotopic (exact) mass is 282 g/mol. The lowest BCUT2D eigenvalue weighted by Crippen LogP contribution is -2.47. The Morgan fingerprint density at radius 3 is 2.25 bits per heavy atom. The third kappa shape index (κ3) is 5.14. The van der Waals surface area contributed by atoms with Crippen LogP contribution in [-0.4, -0.2) is 17.7 Å². The van der Waals surface area contributed by atoms with Crippen LogP contribution in [0.1, 0.15) is 34.1 Å². The molecule has 0 fully saturated rings. The molecule has 0 bridgehead atoms. The van der Waals surface area contributed by atoms with E-state index in [-0.39, 0.29) is 17.9 Å². The summed E-state index contributed by atoms with van der Waals surface area (Å²) in [5, 5.41) is 12.4. The Labute approximate surface area is 118 Å². The fourth-order valence-electron chi connectivity index (χ4n) is 2.22. The van der Waals surface area contributed by atoms with Crippen molar-refractivity contribution in [1.82, 2.24) is 5.32 Å². The van der Waals surface area contributed by atoms with E-state index in [4.69, 9.17) is 4.74 Å². The van der Waals surface area contributed by atoms with Crippen LogP contribution in [0.3, 0.4) is 0 Å². The molecule has 5 heteroatoms. The normalized spacial score (nSPS) is 15.5. The third-order valence-electron chi connectivity index (χ3n) is 2.72. The van der Waals surface area contributed by atoms with Crippen LogP contribution in [0.2, 0.25) is 0 Å². The highest BCUT2D eigenvalue weighted by molar-refractivity contribution is 5.24. The fraction of sp³-hybridized carbons (Fsp3) is 0.533. The van der Waals surface area contributed by atoms with Crippen LogP contribution in [0.5, 0.6) is 5.75 Å². The number of hydrogen-bond acceptors (Lipinski definition) is 3.